The molecule has 0 saturated heterocycles. The molecule has 1 unspecified atom stereocenters. The molecule has 0 heterocycles. The van der Waals surface area contributed by atoms with Crippen LogP contribution < -0.4 is 0 Å². The van der Waals surface area contributed by atoms with Gasteiger partial charge in [-0.1, -0.05) is 74.4 Å². The smallest absolute Gasteiger partial charge is 0.291 e. The van der Waals surface area contributed by atoms with Crippen molar-refractivity contribution in [3.63, 3.8) is 0 Å². The Morgan fingerprint density at radius 2 is 1.39 bits per heavy atom. The van der Waals surface area contributed by atoms with E-state index in [1.165, 1.54) is 17.7 Å². The lowest BCUT2D eigenvalue weighted by molar-refractivity contribution is -0.137. The molecule has 0 aromatic heterocycles. The Balaban J connectivity index is 1.65. The average Bonchev–Trinajstić information content (AvgIpc) is 2.80. The van der Waals surface area contributed by atoms with Crippen molar-refractivity contribution in [1.82, 2.24) is 4.90 Å². The molecule has 1 nitrogen and oxygen atoms in total. The minimum absolute atomic E-state index is 0.210. The van der Waals surface area contributed by atoms with E-state index >= 15 is 0 Å². The van der Waals surface area contributed by atoms with Crippen molar-refractivity contribution in [3.05, 3.63) is 107 Å². The number of hydrogen-bond donors (Lipinski definition) is 0. The lowest BCUT2D eigenvalue weighted by Gasteiger charge is -2.44. The zero-order chi connectivity index (χ0) is 23.4. The Morgan fingerprint density at radius 1 is 0.788 bits per heavy atom. The predicted octanol–water partition coefficient (Wildman–Crippen LogP) is 7.82. The molecular formula is C28H29F4N. The van der Waals surface area contributed by atoms with Crippen molar-refractivity contribution in [1.29, 1.82) is 0 Å². The Bertz CT molecular complexity index is 1010. The van der Waals surface area contributed by atoms with Gasteiger partial charge < -0.3 is 0 Å². The second-order valence-electron chi connectivity index (χ2n) is 9.14. The molecular weight excluding hydrogens is 426 g/mol. The van der Waals surface area contributed by atoms with E-state index in [4.69, 9.17) is 0 Å². The van der Waals surface area contributed by atoms with Gasteiger partial charge in [-0.15, -0.1) is 0 Å². The molecule has 33 heavy (non-hydrogen) atoms. The van der Waals surface area contributed by atoms with Crippen LogP contribution in [0.3, 0.4) is 0 Å². The maximum atomic E-state index is 13.6. The number of rotatable bonds is 6. The van der Waals surface area contributed by atoms with E-state index in [9.17, 15) is 17.6 Å². The van der Waals surface area contributed by atoms with Crippen LogP contribution >= 0.6 is 0 Å². The molecule has 1 fully saturated rings. The molecule has 3 aromatic carbocycles. The van der Waals surface area contributed by atoms with Crippen molar-refractivity contribution in [2.45, 2.75) is 57.4 Å². The molecule has 0 N–H and O–H groups in total. The highest BCUT2D eigenvalue weighted by molar-refractivity contribution is 5.27. The van der Waals surface area contributed by atoms with Gasteiger partial charge in [0.05, 0.1) is 5.56 Å². The molecule has 1 aliphatic rings. The highest BCUT2D eigenvalue weighted by Gasteiger charge is 2.36. The van der Waals surface area contributed by atoms with E-state index in [1.54, 1.807) is 12.1 Å². The molecule has 4 rings (SSSR count). The summed E-state index contributed by atoms with van der Waals surface area (Å²) in [4.78, 5) is 2.39. The van der Waals surface area contributed by atoms with E-state index in [-0.39, 0.29) is 17.8 Å². The van der Waals surface area contributed by atoms with Crippen molar-refractivity contribution in [2.24, 2.45) is 5.92 Å². The molecule has 3 atom stereocenters. The van der Waals surface area contributed by atoms with Gasteiger partial charge in [0.1, 0.15) is 5.82 Å². The van der Waals surface area contributed by atoms with Gasteiger partial charge in [-0.05, 0) is 53.3 Å². The van der Waals surface area contributed by atoms with Gasteiger partial charge in [-0.25, -0.2) is 4.39 Å². The number of benzene rings is 3. The van der Waals surface area contributed by atoms with Crippen LogP contribution in [0, 0.1) is 11.7 Å². The summed E-state index contributed by atoms with van der Waals surface area (Å²) in [6.45, 7) is 3.51. The lowest BCUT2D eigenvalue weighted by atomic mass is 9.72. The van der Waals surface area contributed by atoms with Crippen LogP contribution in [0.15, 0.2) is 78.9 Å². The average molecular weight is 456 g/mol. The van der Waals surface area contributed by atoms with Crippen LogP contribution in [0.25, 0.3) is 0 Å². The van der Waals surface area contributed by atoms with Gasteiger partial charge in [0.15, 0.2) is 0 Å². The summed E-state index contributed by atoms with van der Waals surface area (Å²) < 4.78 is 52.7. The fourth-order valence-corrected chi connectivity index (χ4v) is 5.17. The highest BCUT2D eigenvalue weighted by Crippen LogP contribution is 2.41. The Hall–Kier alpha value is -2.66. The normalized spacial score (nSPS) is 21.3. The molecule has 5 heteroatoms. The highest BCUT2D eigenvalue weighted by atomic mass is 19.4. The number of nitrogens with zero attached hydrogens (tertiary/aromatic N) is 1. The molecule has 1 saturated carbocycles. The van der Waals surface area contributed by atoms with Crippen LogP contribution in [0.2, 0.25) is 0 Å². The van der Waals surface area contributed by atoms with E-state index in [1.807, 2.05) is 30.3 Å². The SMILES string of the molecule is C[C@H]1CCC[C@@H](N(Cc2ccccc2)Cc2ccc(C(F)(F)F)cc2)C1c1ccc(F)cc1. The van der Waals surface area contributed by atoms with E-state index in [0.29, 0.717) is 19.0 Å². The van der Waals surface area contributed by atoms with Crippen molar-refractivity contribution in [3.8, 4) is 0 Å². The van der Waals surface area contributed by atoms with Crippen molar-refractivity contribution >= 4 is 0 Å². The zero-order valence-electron chi connectivity index (χ0n) is 18.7. The first-order chi connectivity index (χ1) is 15.8. The third-order valence-electron chi connectivity index (χ3n) is 6.81. The minimum atomic E-state index is -4.34. The minimum Gasteiger partial charge on any atom is -0.291 e. The van der Waals surface area contributed by atoms with E-state index in [2.05, 4.69) is 24.0 Å². The fourth-order valence-electron chi connectivity index (χ4n) is 5.17. The topological polar surface area (TPSA) is 3.24 Å². The van der Waals surface area contributed by atoms with Gasteiger partial charge in [-0.2, -0.15) is 13.2 Å². The van der Waals surface area contributed by atoms with Crippen LogP contribution in [0.1, 0.15) is 54.4 Å². The summed E-state index contributed by atoms with van der Waals surface area (Å²) in [5.74, 6) is 0.419. The maximum Gasteiger partial charge on any atom is 0.416 e. The Kier molecular flexibility index (Phi) is 7.18. The molecule has 0 bridgehead atoms. The van der Waals surface area contributed by atoms with Gasteiger partial charge in [0.25, 0.3) is 0 Å². The summed E-state index contributed by atoms with van der Waals surface area (Å²) >= 11 is 0. The first-order valence-electron chi connectivity index (χ1n) is 11.5. The monoisotopic (exact) mass is 455 g/mol. The lowest BCUT2D eigenvalue weighted by Crippen LogP contribution is -2.43. The van der Waals surface area contributed by atoms with Crippen LogP contribution in [-0.4, -0.2) is 10.9 Å². The molecule has 0 amide bonds. The molecule has 0 aliphatic heterocycles. The van der Waals surface area contributed by atoms with Gasteiger partial charge >= 0.3 is 6.18 Å². The standard InChI is InChI=1S/C28H29F4N/c1-20-6-5-9-26(27(20)23-12-16-25(29)17-13-23)33(18-21-7-3-2-4-8-21)19-22-10-14-24(15-11-22)28(30,31)32/h2-4,7-8,10-17,20,26-27H,5-6,9,18-19H2,1H3/t20-,26+,27?/m0/s1. The Morgan fingerprint density at radius 3 is 2.00 bits per heavy atom. The second kappa shape index (κ2) is 10.1. The summed E-state index contributed by atoms with van der Waals surface area (Å²) in [6.07, 6.45) is -1.13. The van der Waals surface area contributed by atoms with Gasteiger partial charge in [-0.3, -0.25) is 4.90 Å². The van der Waals surface area contributed by atoms with E-state index < -0.39 is 11.7 Å². The van der Waals surface area contributed by atoms with E-state index in [0.717, 1.165) is 42.5 Å². The molecule has 3 aromatic rings. The number of hydrogen-bond acceptors (Lipinski definition) is 1. The summed E-state index contributed by atoms with van der Waals surface area (Å²) in [5.41, 5.74) is 2.52. The number of alkyl halides is 3. The van der Waals surface area contributed by atoms with Gasteiger partial charge in [0, 0.05) is 25.0 Å². The number of halogens is 4. The maximum absolute atomic E-state index is 13.6. The van der Waals surface area contributed by atoms with Crippen molar-refractivity contribution < 1.29 is 17.6 Å². The summed E-state index contributed by atoms with van der Waals surface area (Å²) in [6, 6.07) is 22.7. The quantitative estimate of drug-likeness (QED) is 0.343. The molecule has 174 valence electrons. The van der Waals surface area contributed by atoms with Crippen molar-refractivity contribution in [2.75, 3.05) is 0 Å². The van der Waals surface area contributed by atoms with Crippen LogP contribution in [0.5, 0.6) is 0 Å². The third kappa shape index (κ3) is 5.83. The largest absolute Gasteiger partial charge is 0.416 e. The molecule has 1 aliphatic carbocycles. The molecule has 0 spiro atoms. The summed E-state index contributed by atoms with van der Waals surface area (Å²) in [5, 5.41) is 0. The zero-order valence-corrected chi connectivity index (χ0v) is 18.7. The summed E-state index contributed by atoms with van der Waals surface area (Å²) in [7, 11) is 0. The molecule has 0 radical (unpaired) electrons. The third-order valence-corrected chi connectivity index (χ3v) is 6.81. The van der Waals surface area contributed by atoms with Crippen LogP contribution in [0.4, 0.5) is 17.6 Å². The first kappa shape index (κ1) is 23.5. The predicted molar refractivity (Wildman–Crippen MR) is 123 cm³/mol. The fraction of sp³-hybridized carbons (Fsp3) is 0.357. The second-order valence-corrected chi connectivity index (χ2v) is 9.14. The van der Waals surface area contributed by atoms with Crippen LogP contribution in [-0.2, 0) is 19.3 Å². The Labute approximate surface area is 193 Å². The first-order valence-corrected chi connectivity index (χ1v) is 11.5. The van der Waals surface area contributed by atoms with Gasteiger partial charge in [0.2, 0.25) is 0 Å².